The van der Waals surface area contributed by atoms with Gasteiger partial charge in [-0.25, -0.2) is 0 Å². The summed E-state index contributed by atoms with van der Waals surface area (Å²) in [6, 6.07) is 17.5. The minimum Gasteiger partial charge on any atom is -0.346 e. The molecule has 0 saturated heterocycles. The van der Waals surface area contributed by atoms with Crippen LogP contribution in [0.4, 0.5) is 5.69 Å². The summed E-state index contributed by atoms with van der Waals surface area (Å²) in [5.74, 6) is -0.286. The van der Waals surface area contributed by atoms with E-state index in [0.29, 0.717) is 25.2 Å². The van der Waals surface area contributed by atoms with Gasteiger partial charge in [0.1, 0.15) is 0 Å². The standard InChI is InChI=1S/C24H24N4O2/c1-18(29)27(2)16-20-8-3-5-10-22(20)26-24(30)13-12-19-17-28(15-7-14-25)23-11-6-4-9-21(19)23/h3-6,8-13,17H,7,15-16H2,1-2H3,(H,26,30)/b13-12+. The van der Waals surface area contributed by atoms with Gasteiger partial charge in [0, 0.05) is 61.5 Å². The van der Waals surface area contributed by atoms with Crippen molar-refractivity contribution in [3.8, 4) is 6.07 Å². The van der Waals surface area contributed by atoms with Gasteiger partial charge in [0.2, 0.25) is 11.8 Å². The number of nitriles is 1. The second kappa shape index (κ2) is 9.57. The second-order valence-corrected chi connectivity index (χ2v) is 7.06. The first kappa shape index (κ1) is 20.9. The normalized spacial score (nSPS) is 10.8. The molecule has 0 bridgehead atoms. The Morgan fingerprint density at radius 2 is 1.90 bits per heavy atom. The molecular formula is C24H24N4O2. The van der Waals surface area contributed by atoms with E-state index in [0.717, 1.165) is 22.0 Å². The molecule has 6 heteroatoms. The molecule has 0 aliphatic heterocycles. The fourth-order valence-corrected chi connectivity index (χ4v) is 3.25. The summed E-state index contributed by atoms with van der Waals surface area (Å²) in [5.41, 5.74) is 3.50. The number of anilines is 1. The lowest BCUT2D eigenvalue weighted by Crippen LogP contribution is -2.24. The van der Waals surface area contributed by atoms with E-state index in [4.69, 9.17) is 5.26 Å². The summed E-state index contributed by atoms with van der Waals surface area (Å²) in [7, 11) is 1.73. The average Bonchev–Trinajstić information content (AvgIpc) is 3.10. The Kier molecular flexibility index (Phi) is 6.66. The van der Waals surface area contributed by atoms with E-state index in [2.05, 4.69) is 11.4 Å². The van der Waals surface area contributed by atoms with Crippen molar-refractivity contribution in [3.63, 3.8) is 0 Å². The number of para-hydroxylation sites is 2. The molecule has 0 aliphatic rings. The van der Waals surface area contributed by atoms with Crippen LogP contribution in [-0.4, -0.2) is 28.3 Å². The molecule has 0 saturated carbocycles. The molecule has 3 aromatic rings. The highest BCUT2D eigenvalue weighted by atomic mass is 16.2. The predicted molar refractivity (Wildman–Crippen MR) is 118 cm³/mol. The van der Waals surface area contributed by atoms with E-state index < -0.39 is 0 Å². The van der Waals surface area contributed by atoms with Crippen molar-refractivity contribution in [2.24, 2.45) is 0 Å². The molecule has 0 spiro atoms. The summed E-state index contributed by atoms with van der Waals surface area (Å²) < 4.78 is 2.03. The summed E-state index contributed by atoms with van der Waals surface area (Å²) in [4.78, 5) is 25.7. The molecule has 0 atom stereocenters. The van der Waals surface area contributed by atoms with Crippen molar-refractivity contribution in [1.29, 1.82) is 5.26 Å². The third kappa shape index (κ3) is 4.95. The molecule has 3 rings (SSSR count). The number of carbonyl (C=O) groups excluding carboxylic acids is 2. The van der Waals surface area contributed by atoms with Crippen molar-refractivity contribution in [2.45, 2.75) is 26.4 Å². The van der Waals surface area contributed by atoms with Crippen molar-refractivity contribution in [3.05, 3.63) is 71.9 Å². The predicted octanol–water partition coefficient (Wildman–Crippen LogP) is 4.19. The van der Waals surface area contributed by atoms with Gasteiger partial charge in [-0.3, -0.25) is 9.59 Å². The number of aryl methyl sites for hydroxylation is 1. The van der Waals surface area contributed by atoms with Gasteiger partial charge < -0.3 is 14.8 Å². The SMILES string of the molecule is CC(=O)N(C)Cc1ccccc1NC(=O)/C=C/c1cn(CCC#N)c2ccccc12. The Bertz CT molecular complexity index is 1140. The number of benzene rings is 2. The second-order valence-electron chi connectivity index (χ2n) is 7.06. The third-order valence-electron chi connectivity index (χ3n) is 4.92. The number of nitrogens with zero attached hydrogens (tertiary/aromatic N) is 3. The van der Waals surface area contributed by atoms with Crippen LogP contribution >= 0.6 is 0 Å². The molecule has 152 valence electrons. The lowest BCUT2D eigenvalue weighted by molar-refractivity contribution is -0.128. The molecule has 6 nitrogen and oxygen atoms in total. The van der Waals surface area contributed by atoms with Gasteiger partial charge in [-0.05, 0) is 23.8 Å². The molecule has 1 N–H and O–H groups in total. The highest BCUT2D eigenvalue weighted by Gasteiger charge is 2.10. The van der Waals surface area contributed by atoms with Crippen molar-refractivity contribution in [1.82, 2.24) is 9.47 Å². The van der Waals surface area contributed by atoms with Crippen LogP contribution in [0.5, 0.6) is 0 Å². The van der Waals surface area contributed by atoms with Gasteiger partial charge in [-0.2, -0.15) is 5.26 Å². The van der Waals surface area contributed by atoms with Crippen molar-refractivity contribution >= 4 is 34.5 Å². The maximum absolute atomic E-state index is 12.5. The monoisotopic (exact) mass is 400 g/mol. The third-order valence-corrected chi connectivity index (χ3v) is 4.92. The van der Waals surface area contributed by atoms with Crippen LogP contribution < -0.4 is 5.32 Å². The molecule has 2 aromatic carbocycles. The lowest BCUT2D eigenvalue weighted by atomic mass is 10.1. The Morgan fingerprint density at radius 3 is 2.67 bits per heavy atom. The first-order valence-electron chi connectivity index (χ1n) is 9.73. The van der Waals surface area contributed by atoms with Crippen molar-refractivity contribution in [2.75, 3.05) is 12.4 Å². The largest absolute Gasteiger partial charge is 0.346 e. The van der Waals surface area contributed by atoms with Crippen LogP contribution in [0.2, 0.25) is 0 Å². The maximum atomic E-state index is 12.5. The van der Waals surface area contributed by atoms with Gasteiger partial charge in [-0.1, -0.05) is 36.4 Å². The molecule has 0 fully saturated rings. The summed E-state index contributed by atoms with van der Waals surface area (Å²) in [6.07, 6.45) is 5.67. The van der Waals surface area contributed by atoms with Crippen LogP contribution in [0, 0.1) is 11.3 Å². The molecule has 0 aliphatic carbocycles. The van der Waals surface area contributed by atoms with Gasteiger partial charge in [0.05, 0.1) is 12.5 Å². The number of rotatable bonds is 7. The number of amides is 2. The van der Waals surface area contributed by atoms with Gasteiger partial charge >= 0.3 is 0 Å². The highest BCUT2D eigenvalue weighted by Crippen LogP contribution is 2.23. The minimum atomic E-state index is -0.248. The minimum absolute atomic E-state index is 0.0381. The van der Waals surface area contributed by atoms with Crippen LogP contribution in [0.25, 0.3) is 17.0 Å². The molecular weight excluding hydrogens is 376 g/mol. The van der Waals surface area contributed by atoms with Gasteiger partial charge in [0.25, 0.3) is 0 Å². The zero-order chi connectivity index (χ0) is 21.5. The number of aromatic nitrogens is 1. The Balaban J connectivity index is 1.78. The zero-order valence-corrected chi connectivity index (χ0v) is 17.1. The average molecular weight is 400 g/mol. The molecule has 0 unspecified atom stereocenters. The van der Waals surface area contributed by atoms with Crippen LogP contribution in [0.15, 0.2) is 60.8 Å². The van der Waals surface area contributed by atoms with E-state index in [1.807, 2.05) is 59.3 Å². The van der Waals surface area contributed by atoms with E-state index >= 15 is 0 Å². The zero-order valence-electron chi connectivity index (χ0n) is 17.1. The fraction of sp³-hybridized carbons (Fsp3) is 0.208. The molecule has 2 amide bonds. The van der Waals surface area contributed by atoms with E-state index in [1.54, 1.807) is 18.0 Å². The van der Waals surface area contributed by atoms with Gasteiger partial charge in [0.15, 0.2) is 0 Å². The van der Waals surface area contributed by atoms with E-state index in [1.165, 1.54) is 13.0 Å². The van der Waals surface area contributed by atoms with Crippen LogP contribution in [0.3, 0.4) is 0 Å². The number of hydrogen-bond donors (Lipinski definition) is 1. The van der Waals surface area contributed by atoms with Crippen LogP contribution in [-0.2, 0) is 22.7 Å². The Morgan fingerprint density at radius 1 is 1.17 bits per heavy atom. The lowest BCUT2D eigenvalue weighted by Gasteiger charge is -2.17. The first-order chi connectivity index (χ1) is 14.5. The number of carbonyl (C=O) groups is 2. The Labute approximate surface area is 176 Å². The summed E-state index contributed by atoms with van der Waals surface area (Å²) >= 11 is 0. The fourth-order valence-electron chi connectivity index (χ4n) is 3.25. The number of hydrogen-bond acceptors (Lipinski definition) is 3. The van der Waals surface area contributed by atoms with Crippen LogP contribution in [0.1, 0.15) is 24.5 Å². The summed E-state index contributed by atoms with van der Waals surface area (Å²) in [5, 5.41) is 12.8. The maximum Gasteiger partial charge on any atom is 0.248 e. The molecule has 1 aromatic heterocycles. The topological polar surface area (TPSA) is 78.1 Å². The molecule has 30 heavy (non-hydrogen) atoms. The summed E-state index contributed by atoms with van der Waals surface area (Å²) in [6.45, 7) is 2.53. The van der Waals surface area contributed by atoms with Crippen molar-refractivity contribution < 1.29 is 9.59 Å². The molecule has 1 heterocycles. The highest BCUT2D eigenvalue weighted by molar-refractivity contribution is 6.03. The first-order valence-corrected chi connectivity index (χ1v) is 9.73. The van der Waals surface area contributed by atoms with Gasteiger partial charge in [-0.15, -0.1) is 0 Å². The number of fused-ring (bicyclic) bond motifs is 1. The van der Waals surface area contributed by atoms with E-state index in [-0.39, 0.29) is 11.8 Å². The molecule has 0 radical (unpaired) electrons. The quantitative estimate of drug-likeness (QED) is 0.604. The Hall–Kier alpha value is -3.85. The van der Waals surface area contributed by atoms with E-state index in [9.17, 15) is 9.59 Å². The number of nitrogens with one attached hydrogen (secondary N) is 1. The smallest absolute Gasteiger partial charge is 0.248 e.